The molecule has 2 rings (SSSR count). The van der Waals surface area contributed by atoms with E-state index >= 15 is 0 Å². The number of hydrogen-bond acceptors (Lipinski definition) is 5. The van der Waals surface area contributed by atoms with Gasteiger partial charge in [0.2, 0.25) is 5.91 Å². The molecule has 0 aliphatic heterocycles. The van der Waals surface area contributed by atoms with E-state index in [4.69, 9.17) is 0 Å². The van der Waals surface area contributed by atoms with E-state index in [1.807, 2.05) is 0 Å². The quantitative estimate of drug-likeness (QED) is 0.780. The number of sulfone groups is 1. The van der Waals surface area contributed by atoms with Crippen LogP contribution in [0.3, 0.4) is 0 Å². The Kier molecular flexibility index (Phi) is 5.89. The Hall–Kier alpha value is -2.19. The molecule has 6 nitrogen and oxygen atoms in total. The molecule has 0 fully saturated rings. The van der Waals surface area contributed by atoms with Gasteiger partial charge in [0, 0.05) is 17.5 Å². The molecule has 0 radical (unpaired) electrons. The molecule has 2 amide bonds. The summed E-state index contributed by atoms with van der Waals surface area (Å²) in [5.74, 6) is -0.962. The summed E-state index contributed by atoms with van der Waals surface area (Å²) in [6, 6.07) is 9.70. The van der Waals surface area contributed by atoms with E-state index in [0.717, 1.165) is 0 Å². The molecule has 23 heavy (non-hydrogen) atoms. The highest BCUT2D eigenvalue weighted by Crippen LogP contribution is 2.09. The van der Waals surface area contributed by atoms with Crippen molar-refractivity contribution in [2.75, 3.05) is 18.8 Å². The summed E-state index contributed by atoms with van der Waals surface area (Å²) < 4.78 is 24.0. The van der Waals surface area contributed by atoms with E-state index in [9.17, 15) is 18.0 Å². The SMILES string of the molecule is O=C(CNC(=O)c1ccsc1)NCCS(=O)(=O)c1ccccc1. The van der Waals surface area contributed by atoms with Crippen LogP contribution < -0.4 is 10.6 Å². The minimum Gasteiger partial charge on any atom is -0.354 e. The summed E-state index contributed by atoms with van der Waals surface area (Å²) in [5, 5.41) is 8.40. The maximum atomic E-state index is 12.0. The highest BCUT2D eigenvalue weighted by Gasteiger charge is 2.14. The fourth-order valence-corrected chi connectivity index (χ4v) is 3.60. The third kappa shape index (κ3) is 5.19. The Morgan fingerprint density at radius 2 is 1.78 bits per heavy atom. The number of carbonyl (C=O) groups is 2. The summed E-state index contributed by atoms with van der Waals surface area (Å²) in [4.78, 5) is 23.5. The van der Waals surface area contributed by atoms with Gasteiger partial charge in [-0.15, -0.1) is 0 Å². The first-order valence-corrected chi connectivity index (χ1v) is 9.43. The van der Waals surface area contributed by atoms with E-state index in [-0.39, 0.29) is 29.6 Å². The topological polar surface area (TPSA) is 92.3 Å². The first-order chi connectivity index (χ1) is 11.0. The monoisotopic (exact) mass is 352 g/mol. The average molecular weight is 352 g/mol. The lowest BCUT2D eigenvalue weighted by Gasteiger charge is -2.07. The molecule has 1 aromatic carbocycles. The van der Waals surface area contributed by atoms with Crippen LogP contribution in [0.15, 0.2) is 52.1 Å². The highest BCUT2D eigenvalue weighted by atomic mass is 32.2. The van der Waals surface area contributed by atoms with Gasteiger partial charge in [-0.2, -0.15) is 11.3 Å². The highest BCUT2D eigenvalue weighted by molar-refractivity contribution is 7.91. The predicted octanol–water partition coefficient (Wildman–Crippen LogP) is 1.07. The van der Waals surface area contributed by atoms with Crippen molar-refractivity contribution in [3.63, 3.8) is 0 Å². The maximum absolute atomic E-state index is 12.0. The second-order valence-electron chi connectivity index (χ2n) is 4.68. The van der Waals surface area contributed by atoms with Crippen molar-refractivity contribution >= 4 is 33.0 Å². The summed E-state index contributed by atoms with van der Waals surface area (Å²) >= 11 is 1.39. The molecule has 0 saturated heterocycles. The van der Waals surface area contributed by atoms with Crippen molar-refractivity contribution in [1.29, 1.82) is 0 Å². The lowest BCUT2D eigenvalue weighted by Crippen LogP contribution is -2.38. The molecule has 0 saturated carbocycles. The van der Waals surface area contributed by atoms with Crippen molar-refractivity contribution in [3.05, 3.63) is 52.7 Å². The fraction of sp³-hybridized carbons (Fsp3) is 0.200. The van der Waals surface area contributed by atoms with Crippen LogP contribution in [0.2, 0.25) is 0 Å². The van der Waals surface area contributed by atoms with Gasteiger partial charge in [0.05, 0.1) is 17.2 Å². The fourth-order valence-electron chi connectivity index (χ4n) is 1.79. The van der Waals surface area contributed by atoms with Gasteiger partial charge in [-0.3, -0.25) is 9.59 Å². The first-order valence-electron chi connectivity index (χ1n) is 6.84. The van der Waals surface area contributed by atoms with Crippen molar-refractivity contribution in [3.8, 4) is 0 Å². The van der Waals surface area contributed by atoms with Crippen molar-refractivity contribution in [1.82, 2.24) is 10.6 Å². The van der Waals surface area contributed by atoms with Gasteiger partial charge in [-0.05, 0) is 23.6 Å². The number of carbonyl (C=O) groups excluding carboxylic acids is 2. The number of hydrogen-bond donors (Lipinski definition) is 2. The van der Waals surface area contributed by atoms with Gasteiger partial charge in [0.25, 0.3) is 5.91 Å². The second kappa shape index (κ2) is 7.89. The predicted molar refractivity (Wildman–Crippen MR) is 88.2 cm³/mol. The van der Waals surface area contributed by atoms with Crippen LogP contribution >= 0.6 is 11.3 Å². The molecule has 1 heterocycles. The molecule has 8 heteroatoms. The summed E-state index contributed by atoms with van der Waals surface area (Å²) in [6.45, 7) is -0.204. The average Bonchev–Trinajstić information content (AvgIpc) is 3.08. The first kappa shape index (κ1) is 17.2. The van der Waals surface area contributed by atoms with Crippen molar-refractivity contribution < 1.29 is 18.0 Å². The van der Waals surface area contributed by atoms with Gasteiger partial charge < -0.3 is 10.6 Å². The van der Waals surface area contributed by atoms with Crippen LogP contribution in [0, 0.1) is 0 Å². The van der Waals surface area contributed by atoms with Gasteiger partial charge in [0.15, 0.2) is 9.84 Å². The second-order valence-corrected chi connectivity index (χ2v) is 7.57. The standard InChI is InChI=1S/C15H16N2O4S2/c18-14(10-17-15(19)12-6-8-22-11-12)16-7-9-23(20,21)13-4-2-1-3-5-13/h1-6,8,11H,7,9-10H2,(H,16,18)(H,17,19). The van der Waals surface area contributed by atoms with Crippen LogP contribution in [0.4, 0.5) is 0 Å². The van der Waals surface area contributed by atoms with E-state index in [0.29, 0.717) is 5.56 Å². The molecule has 0 spiro atoms. The maximum Gasteiger partial charge on any atom is 0.252 e. The molecule has 0 aliphatic rings. The van der Waals surface area contributed by atoms with Gasteiger partial charge in [-0.1, -0.05) is 18.2 Å². The zero-order valence-corrected chi connectivity index (χ0v) is 13.8. The van der Waals surface area contributed by atoms with Crippen molar-refractivity contribution in [2.45, 2.75) is 4.90 Å². The lowest BCUT2D eigenvalue weighted by atomic mass is 10.3. The van der Waals surface area contributed by atoms with Gasteiger partial charge >= 0.3 is 0 Å². The summed E-state index contributed by atoms with van der Waals surface area (Å²) in [5.41, 5.74) is 0.495. The molecular weight excluding hydrogens is 336 g/mol. The third-order valence-electron chi connectivity index (χ3n) is 2.99. The zero-order chi connectivity index (χ0) is 16.7. The van der Waals surface area contributed by atoms with Crippen LogP contribution in [-0.2, 0) is 14.6 Å². The molecule has 0 aliphatic carbocycles. The molecule has 2 aromatic rings. The van der Waals surface area contributed by atoms with Crippen LogP contribution in [0.25, 0.3) is 0 Å². The number of rotatable bonds is 7. The normalized spacial score (nSPS) is 11.0. The Labute approximate surface area is 138 Å². The van der Waals surface area contributed by atoms with E-state index in [1.165, 1.54) is 23.5 Å². The van der Waals surface area contributed by atoms with Gasteiger partial charge in [0.1, 0.15) is 0 Å². The van der Waals surface area contributed by atoms with E-state index in [2.05, 4.69) is 10.6 Å². The van der Waals surface area contributed by atoms with Crippen LogP contribution in [0.5, 0.6) is 0 Å². The smallest absolute Gasteiger partial charge is 0.252 e. The Morgan fingerprint density at radius 1 is 1.04 bits per heavy atom. The molecule has 122 valence electrons. The zero-order valence-electron chi connectivity index (χ0n) is 12.2. The largest absolute Gasteiger partial charge is 0.354 e. The minimum atomic E-state index is -3.42. The number of nitrogens with one attached hydrogen (secondary N) is 2. The molecule has 0 atom stereocenters. The Bertz CT molecular complexity index is 756. The number of amides is 2. The minimum absolute atomic E-state index is 0.00954. The molecule has 1 aromatic heterocycles. The van der Waals surface area contributed by atoms with E-state index in [1.54, 1.807) is 35.0 Å². The third-order valence-corrected chi connectivity index (χ3v) is 5.40. The molecule has 0 unspecified atom stereocenters. The number of benzene rings is 1. The van der Waals surface area contributed by atoms with Crippen LogP contribution in [-0.4, -0.2) is 39.1 Å². The molecule has 2 N–H and O–H groups in total. The van der Waals surface area contributed by atoms with Crippen LogP contribution in [0.1, 0.15) is 10.4 Å². The molecular formula is C15H16N2O4S2. The Morgan fingerprint density at radius 3 is 2.43 bits per heavy atom. The van der Waals surface area contributed by atoms with Crippen molar-refractivity contribution in [2.24, 2.45) is 0 Å². The van der Waals surface area contributed by atoms with Gasteiger partial charge in [-0.25, -0.2) is 8.42 Å². The lowest BCUT2D eigenvalue weighted by molar-refractivity contribution is -0.120. The molecule has 0 bridgehead atoms. The summed E-state index contributed by atoms with van der Waals surface area (Å²) in [7, 11) is -3.42. The number of thiophene rings is 1. The Balaban J connectivity index is 1.74. The van der Waals surface area contributed by atoms with E-state index < -0.39 is 15.7 Å². The summed E-state index contributed by atoms with van der Waals surface area (Å²) in [6.07, 6.45) is 0.